The molecule has 2 amide bonds. The summed E-state index contributed by atoms with van der Waals surface area (Å²) in [6.45, 7) is 1.55. The Morgan fingerprint density at radius 2 is 1.72 bits per heavy atom. The molecule has 6 nitrogen and oxygen atoms in total. The van der Waals surface area contributed by atoms with E-state index in [1.165, 1.54) is 25.3 Å². The number of ether oxygens (including phenoxy) is 1. The van der Waals surface area contributed by atoms with Gasteiger partial charge in [-0.2, -0.15) is 0 Å². The summed E-state index contributed by atoms with van der Waals surface area (Å²) >= 11 is 0. The van der Waals surface area contributed by atoms with Crippen molar-refractivity contribution in [3.63, 3.8) is 0 Å². The molecule has 0 N–H and O–H groups in total. The minimum atomic E-state index is -0.492. The van der Waals surface area contributed by atoms with Gasteiger partial charge in [0.05, 0.1) is 12.7 Å². The summed E-state index contributed by atoms with van der Waals surface area (Å²) in [7, 11) is 1.44. The molecule has 0 aliphatic carbocycles. The molecule has 0 unspecified atom stereocenters. The van der Waals surface area contributed by atoms with Crippen LogP contribution in [-0.4, -0.2) is 59.9 Å². The Morgan fingerprint density at radius 1 is 1.04 bits per heavy atom. The maximum Gasteiger partial charge on any atom is 0.272 e. The second kappa shape index (κ2) is 7.29. The molecule has 3 rings (SSSR count). The Morgan fingerprint density at radius 3 is 2.32 bits per heavy atom. The molecule has 0 atom stereocenters. The van der Waals surface area contributed by atoms with Gasteiger partial charge in [-0.25, -0.2) is 4.39 Å². The lowest BCUT2D eigenvalue weighted by Crippen LogP contribution is -2.50. The van der Waals surface area contributed by atoms with Crippen molar-refractivity contribution in [2.75, 3.05) is 33.3 Å². The number of hydrogen-bond donors (Lipinski definition) is 0. The summed E-state index contributed by atoms with van der Waals surface area (Å²) in [4.78, 5) is 32.3. The molecule has 7 heteroatoms. The molecule has 1 saturated heterocycles. The van der Waals surface area contributed by atoms with Crippen LogP contribution in [0.25, 0.3) is 0 Å². The van der Waals surface area contributed by atoms with Gasteiger partial charge < -0.3 is 14.5 Å². The van der Waals surface area contributed by atoms with Crippen molar-refractivity contribution in [2.24, 2.45) is 0 Å². The fraction of sp³-hybridized carbons (Fsp3) is 0.278. The van der Waals surface area contributed by atoms with Gasteiger partial charge in [0.25, 0.3) is 11.8 Å². The van der Waals surface area contributed by atoms with E-state index in [-0.39, 0.29) is 17.4 Å². The van der Waals surface area contributed by atoms with Gasteiger partial charge in [0.2, 0.25) is 0 Å². The van der Waals surface area contributed by atoms with Crippen molar-refractivity contribution in [3.8, 4) is 5.75 Å². The Kier molecular flexibility index (Phi) is 4.92. The molecule has 1 aromatic heterocycles. The van der Waals surface area contributed by atoms with Gasteiger partial charge >= 0.3 is 0 Å². The highest BCUT2D eigenvalue weighted by Gasteiger charge is 2.27. The molecule has 2 heterocycles. The van der Waals surface area contributed by atoms with Crippen LogP contribution in [-0.2, 0) is 0 Å². The number of hydrogen-bond acceptors (Lipinski definition) is 4. The Hall–Kier alpha value is -2.96. The number of aromatic nitrogens is 1. The van der Waals surface area contributed by atoms with Gasteiger partial charge in [0, 0.05) is 32.4 Å². The summed E-state index contributed by atoms with van der Waals surface area (Å²) in [5.41, 5.74) is 0.570. The molecule has 0 spiro atoms. The average Bonchev–Trinajstić information content (AvgIpc) is 2.67. The number of nitrogens with zero attached hydrogens (tertiary/aromatic N) is 3. The molecule has 2 aromatic rings. The van der Waals surface area contributed by atoms with E-state index < -0.39 is 5.82 Å². The van der Waals surface area contributed by atoms with Crippen molar-refractivity contribution >= 4 is 11.8 Å². The van der Waals surface area contributed by atoms with E-state index in [9.17, 15) is 14.0 Å². The van der Waals surface area contributed by atoms with Crippen molar-refractivity contribution < 1.29 is 18.7 Å². The van der Waals surface area contributed by atoms with Gasteiger partial charge in [-0.1, -0.05) is 6.07 Å². The number of piperazine rings is 1. The zero-order chi connectivity index (χ0) is 17.8. The van der Waals surface area contributed by atoms with Crippen LogP contribution in [0.2, 0.25) is 0 Å². The SMILES string of the molecule is COc1ccc(F)cc1C(=O)N1CCN(C(=O)c2ccccn2)CC1. The van der Waals surface area contributed by atoms with Crippen LogP contribution in [0.15, 0.2) is 42.6 Å². The largest absolute Gasteiger partial charge is 0.496 e. The van der Waals surface area contributed by atoms with Gasteiger partial charge in [-0.05, 0) is 30.3 Å². The third-order valence-corrected chi connectivity index (χ3v) is 4.13. The smallest absolute Gasteiger partial charge is 0.272 e. The summed E-state index contributed by atoms with van der Waals surface area (Å²) in [5, 5.41) is 0. The summed E-state index contributed by atoms with van der Waals surface area (Å²) in [6.07, 6.45) is 1.57. The molecule has 130 valence electrons. The molecule has 0 saturated carbocycles. The van der Waals surface area contributed by atoms with Crippen LogP contribution >= 0.6 is 0 Å². The van der Waals surface area contributed by atoms with E-state index in [1.54, 1.807) is 34.2 Å². The van der Waals surface area contributed by atoms with Crippen LogP contribution in [0, 0.1) is 5.82 Å². The fourth-order valence-electron chi connectivity index (χ4n) is 2.78. The number of carbonyl (C=O) groups is 2. The number of methoxy groups -OCH3 is 1. The van der Waals surface area contributed by atoms with Crippen LogP contribution < -0.4 is 4.74 Å². The van der Waals surface area contributed by atoms with Crippen LogP contribution in [0.5, 0.6) is 5.75 Å². The third-order valence-electron chi connectivity index (χ3n) is 4.13. The molecule has 0 bridgehead atoms. The second-order valence-corrected chi connectivity index (χ2v) is 5.64. The molecular weight excluding hydrogens is 325 g/mol. The quantitative estimate of drug-likeness (QED) is 0.853. The number of rotatable bonds is 3. The molecule has 1 aliphatic rings. The number of benzene rings is 1. The standard InChI is InChI=1S/C18H18FN3O3/c1-25-16-6-5-13(19)12-14(16)17(23)21-8-10-22(11-9-21)18(24)15-4-2-3-7-20-15/h2-7,12H,8-11H2,1H3. The zero-order valence-electron chi connectivity index (χ0n) is 13.8. The van der Waals surface area contributed by atoms with Gasteiger partial charge in [-0.3, -0.25) is 14.6 Å². The maximum absolute atomic E-state index is 13.5. The summed E-state index contributed by atoms with van der Waals surface area (Å²) in [6, 6.07) is 9.03. The molecule has 1 aromatic carbocycles. The minimum absolute atomic E-state index is 0.156. The van der Waals surface area contributed by atoms with E-state index >= 15 is 0 Å². The highest BCUT2D eigenvalue weighted by atomic mass is 19.1. The molecule has 25 heavy (non-hydrogen) atoms. The van der Waals surface area contributed by atoms with Gasteiger partial charge in [-0.15, -0.1) is 0 Å². The van der Waals surface area contributed by atoms with Crippen LogP contribution in [0.1, 0.15) is 20.8 Å². The first-order valence-corrected chi connectivity index (χ1v) is 7.93. The van der Waals surface area contributed by atoms with E-state index in [1.807, 2.05) is 0 Å². The molecule has 1 fully saturated rings. The number of carbonyl (C=O) groups excluding carboxylic acids is 2. The van der Waals surface area contributed by atoms with Gasteiger partial charge in [0.15, 0.2) is 0 Å². The molecule has 0 radical (unpaired) electrons. The van der Waals surface area contributed by atoms with Crippen molar-refractivity contribution in [1.82, 2.24) is 14.8 Å². The highest BCUT2D eigenvalue weighted by molar-refractivity contribution is 5.97. The average molecular weight is 343 g/mol. The van der Waals surface area contributed by atoms with Gasteiger partial charge in [0.1, 0.15) is 17.3 Å². The molecule has 1 aliphatic heterocycles. The fourth-order valence-corrected chi connectivity index (χ4v) is 2.78. The predicted octanol–water partition coefficient (Wildman–Crippen LogP) is 1.83. The van der Waals surface area contributed by atoms with E-state index in [0.29, 0.717) is 37.6 Å². The van der Waals surface area contributed by atoms with E-state index in [4.69, 9.17) is 4.74 Å². The van der Waals surface area contributed by atoms with Crippen molar-refractivity contribution in [2.45, 2.75) is 0 Å². The summed E-state index contributed by atoms with van der Waals surface area (Å²) in [5.74, 6) is -0.621. The number of pyridine rings is 1. The highest BCUT2D eigenvalue weighted by Crippen LogP contribution is 2.22. The Labute approximate surface area is 144 Å². The van der Waals surface area contributed by atoms with Crippen molar-refractivity contribution in [3.05, 3.63) is 59.7 Å². The second-order valence-electron chi connectivity index (χ2n) is 5.64. The first-order valence-electron chi connectivity index (χ1n) is 7.93. The lowest BCUT2D eigenvalue weighted by Gasteiger charge is -2.34. The normalized spacial score (nSPS) is 14.3. The Bertz CT molecular complexity index is 774. The first-order chi connectivity index (χ1) is 12.1. The lowest BCUT2D eigenvalue weighted by atomic mass is 10.1. The van der Waals surface area contributed by atoms with Crippen LogP contribution in [0.3, 0.4) is 0 Å². The predicted molar refractivity (Wildman–Crippen MR) is 89.0 cm³/mol. The van der Waals surface area contributed by atoms with E-state index in [0.717, 1.165) is 0 Å². The third kappa shape index (κ3) is 3.60. The lowest BCUT2D eigenvalue weighted by molar-refractivity contribution is 0.0530. The number of amides is 2. The van der Waals surface area contributed by atoms with Crippen LogP contribution in [0.4, 0.5) is 4.39 Å². The van der Waals surface area contributed by atoms with E-state index in [2.05, 4.69) is 4.98 Å². The monoisotopic (exact) mass is 343 g/mol. The Balaban J connectivity index is 1.67. The maximum atomic E-state index is 13.5. The number of halogens is 1. The summed E-state index contributed by atoms with van der Waals surface area (Å²) < 4.78 is 18.6. The first kappa shape index (κ1) is 16.9. The van der Waals surface area contributed by atoms with Crippen molar-refractivity contribution in [1.29, 1.82) is 0 Å². The minimum Gasteiger partial charge on any atom is -0.496 e. The topological polar surface area (TPSA) is 62.7 Å². The zero-order valence-corrected chi connectivity index (χ0v) is 13.8. The molecular formula is C18H18FN3O3.